The van der Waals surface area contributed by atoms with Crippen LogP contribution in [0, 0.1) is 5.92 Å². The average molecular weight is 225 g/mol. The number of nitrogens with one attached hydrogen (secondary N) is 1. The first-order chi connectivity index (χ1) is 7.65. The van der Waals surface area contributed by atoms with E-state index in [0.29, 0.717) is 25.1 Å². The zero-order valence-electron chi connectivity index (χ0n) is 10.1. The lowest BCUT2D eigenvalue weighted by molar-refractivity contribution is 0.234. The van der Waals surface area contributed by atoms with Crippen molar-refractivity contribution in [1.82, 2.24) is 14.9 Å². The van der Waals surface area contributed by atoms with Crippen molar-refractivity contribution >= 4 is 6.03 Å². The predicted molar refractivity (Wildman–Crippen MR) is 61.6 cm³/mol. The molecular formula is C11H19N3O2. The van der Waals surface area contributed by atoms with Crippen LogP contribution in [-0.4, -0.2) is 28.7 Å². The third-order valence-corrected chi connectivity index (χ3v) is 2.10. The van der Waals surface area contributed by atoms with Gasteiger partial charge in [0.05, 0.1) is 6.61 Å². The van der Waals surface area contributed by atoms with E-state index in [1.54, 1.807) is 12.4 Å². The van der Waals surface area contributed by atoms with Crippen molar-refractivity contribution in [3.63, 3.8) is 0 Å². The Labute approximate surface area is 95.8 Å². The monoisotopic (exact) mass is 225 g/mol. The van der Waals surface area contributed by atoms with Crippen LogP contribution in [0.15, 0.2) is 12.4 Å². The standard InChI is InChI=1S/C11H19N3O2/c1-4-16-11-13-7-8-14(11)10(15)12-6-5-9(2)3/h7-9H,4-6H2,1-3H3,(H,12,15). The van der Waals surface area contributed by atoms with Crippen LogP contribution in [-0.2, 0) is 0 Å². The molecule has 0 aliphatic heterocycles. The Balaban J connectivity index is 2.49. The predicted octanol–water partition coefficient (Wildman–Crippen LogP) is 1.89. The lowest BCUT2D eigenvalue weighted by atomic mass is 10.1. The minimum atomic E-state index is -0.193. The molecule has 0 aliphatic rings. The van der Waals surface area contributed by atoms with Gasteiger partial charge in [0.15, 0.2) is 0 Å². The quantitative estimate of drug-likeness (QED) is 0.832. The lowest BCUT2D eigenvalue weighted by Crippen LogP contribution is -2.30. The highest BCUT2D eigenvalue weighted by atomic mass is 16.5. The van der Waals surface area contributed by atoms with Crippen LogP contribution in [0.4, 0.5) is 4.79 Å². The molecule has 0 atom stereocenters. The van der Waals surface area contributed by atoms with E-state index in [2.05, 4.69) is 24.1 Å². The first-order valence-corrected chi connectivity index (χ1v) is 5.59. The second kappa shape index (κ2) is 6.15. The van der Waals surface area contributed by atoms with Crippen LogP contribution in [0.2, 0.25) is 0 Å². The molecule has 0 spiro atoms. The summed E-state index contributed by atoms with van der Waals surface area (Å²) in [6, 6.07) is 0.145. The molecule has 90 valence electrons. The van der Waals surface area contributed by atoms with Crippen LogP contribution in [0.5, 0.6) is 6.01 Å². The van der Waals surface area contributed by atoms with Gasteiger partial charge >= 0.3 is 12.0 Å². The largest absolute Gasteiger partial charge is 0.465 e. The van der Waals surface area contributed by atoms with E-state index in [1.807, 2.05) is 6.92 Å². The van der Waals surface area contributed by atoms with Gasteiger partial charge in [-0.1, -0.05) is 13.8 Å². The summed E-state index contributed by atoms with van der Waals surface area (Å²) in [5.41, 5.74) is 0. The maximum absolute atomic E-state index is 11.7. The first-order valence-electron chi connectivity index (χ1n) is 5.59. The Morgan fingerprint density at radius 3 is 3.00 bits per heavy atom. The molecule has 0 saturated carbocycles. The average Bonchev–Trinajstić information content (AvgIpc) is 2.66. The van der Waals surface area contributed by atoms with E-state index in [9.17, 15) is 4.79 Å². The van der Waals surface area contributed by atoms with Gasteiger partial charge in [-0.3, -0.25) is 0 Å². The molecule has 1 N–H and O–H groups in total. The summed E-state index contributed by atoms with van der Waals surface area (Å²) in [5, 5.41) is 2.82. The Morgan fingerprint density at radius 2 is 2.38 bits per heavy atom. The van der Waals surface area contributed by atoms with Crippen LogP contribution in [0.1, 0.15) is 27.2 Å². The molecule has 1 heterocycles. The maximum atomic E-state index is 11.7. The summed E-state index contributed by atoms with van der Waals surface area (Å²) in [5.74, 6) is 0.578. The van der Waals surface area contributed by atoms with Gasteiger partial charge in [0.1, 0.15) is 0 Å². The van der Waals surface area contributed by atoms with Crippen LogP contribution in [0.3, 0.4) is 0 Å². The smallest absolute Gasteiger partial charge is 0.329 e. The van der Waals surface area contributed by atoms with Gasteiger partial charge in [0, 0.05) is 18.9 Å². The van der Waals surface area contributed by atoms with Crippen molar-refractivity contribution in [2.75, 3.05) is 13.2 Å². The molecule has 1 amide bonds. The molecule has 1 aromatic rings. The lowest BCUT2D eigenvalue weighted by Gasteiger charge is -2.09. The molecule has 5 nitrogen and oxygen atoms in total. The SMILES string of the molecule is CCOc1nccn1C(=O)NCCC(C)C. The fourth-order valence-electron chi connectivity index (χ4n) is 1.23. The number of carbonyl (C=O) groups excluding carboxylic acids is 1. The number of hydrogen-bond acceptors (Lipinski definition) is 3. The first kappa shape index (κ1) is 12.5. The van der Waals surface area contributed by atoms with E-state index < -0.39 is 0 Å². The number of amides is 1. The van der Waals surface area contributed by atoms with Gasteiger partial charge in [0.2, 0.25) is 0 Å². The highest BCUT2D eigenvalue weighted by molar-refractivity contribution is 5.77. The zero-order valence-corrected chi connectivity index (χ0v) is 10.1. The minimum Gasteiger partial charge on any atom is -0.465 e. The molecule has 16 heavy (non-hydrogen) atoms. The number of imidazole rings is 1. The molecule has 0 unspecified atom stereocenters. The molecule has 0 bridgehead atoms. The Kier molecular flexibility index (Phi) is 4.82. The van der Waals surface area contributed by atoms with Crippen molar-refractivity contribution in [2.24, 2.45) is 5.92 Å². The minimum absolute atomic E-state index is 0.193. The molecule has 0 fully saturated rings. The summed E-state index contributed by atoms with van der Waals surface area (Å²) in [6.45, 7) is 7.26. The van der Waals surface area contributed by atoms with Crippen LogP contribution >= 0.6 is 0 Å². The highest BCUT2D eigenvalue weighted by Gasteiger charge is 2.10. The third kappa shape index (κ3) is 3.56. The van der Waals surface area contributed by atoms with Crippen molar-refractivity contribution in [3.05, 3.63) is 12.4 Å². The van der Waals surface area contributed by atoms with E-state index in [-0.39, 0.29) is 6.03 Å². The van der Waals surface area contributed by atoms with E-state index in [0.717, 1.165) is 6.42 Å². The summed E-state index contributed by atoms with van der Waals surface area (Å²) in [4.78, 5) is 15.7. The highest BCUT2D eigenvalue weighted by Crippen LogP contribution is 2.06. The van der Waals surface area contributed by atoms with Crippen molar-refractivity contribution < 1.29 is 9.53 Å². The van der Waals surface area contributed by atoms with Gasteiger partial charge in [-0.05, 0) is 19.3 Å². The number of aromatic nitrogens is 2. The maximum Gasteiger partial charge on any atom is 0.329 e. The second-order valence-electron chi connectivity index (χ2n) is 3.93. The number of carbonyl (C=O) groups is 1. The Morgan fingerprint density at radius 1 is 1.62 bits per heavy atom. The van der Waals surface area contributed by atoms with Crippen molar-refractivity contribution in [2.45, 2.75) is 27.2 Å². The summed E-state index contributed by atoms with van der Waals surface area (Å²) in [6.07, 6.45) is 4.10. The topological polar surface area (TPSA) is 56.2 Å². The molecule has 1 aromatic heterocycles. The zero-order chi connectivity index (χ0) is 12.0. The number of nitrogens with zero attached hydrogens (tertiary/aromatic N) is 2. The van der Waals surface area contributed by atoms with Crippen LogP contribution in [0.25, 0.3) is 0 Å². The number of rotatable bonds is 5. The third-order valence-electron chi connectivity index (χ3n) is 2.10. The van der Waals surface area contributed by atoms with Gasteiger partial charge in [-0.2, -0.15) is 0 Å². The van der Waals surface area contributed by atoms with E-state index in [4.69, 9.17) is 4.74 Å². The molecule has 0 saturated heterocycles. The number of hydrogen-bond donors (Lipinski definition) is 1. The Bertz CT molecular complexity index is 334. The summed E-state index contributed by atoms with van der Waals surface area (Å²) < 4.78 is 6.60. The second-order valence-corrected chi connectivity index (χ2v) is 3.93. The van der Waals surface area contributed by atoms with Crippen LogP contribution < -0.4 is 10.1 Å². The van der Waals surface area contributed by atoms with Gasteiger partial charge in [-0.25, -0.2) is 14.3 Å². The van der Waals surface area contributed by atoms with Crippen molar-refractivity contribution in [3.8, 4) is 6.01 Å². The molecule has 0 aromatic carbocycles. The van der Waals surface area contributed by atoms with Crippen molar-refractivity contribution in [1.29, 1.82) is 0 Å². The van der Waals surface area contributed by atoms with E-state index >= 15 is 0 Å². The fraction of sp³-hybridized carbons (Fsp3) is 0.636. The van der Waals surface area contributed by atoms with Gasteiger partial charge in [0.25, 0.3) is 0 Å². The summed E-state index contributed by atoms with van der Waals surface area (Å²) in [7, 11) is 0. The number of ether oxygens (including phenoxy) is 1. The molecule has 5 heteroatoms. The Hall–Kier alpha value is -1.52. The molecule has 1 rings (SSSR count). The van der Waals surface area contributed by atoms with Gasteiger partial charge < -0.3 is 10.1 Å². The molecular weight excluding hydrogens is 206 g/mol. The molecule has 0 aliphatic carbocycles. The fourth-order valence-corrected chi connectivity index (χ4v) is 1.23. The summed E-state index contributed by atoms with van der Waals surface area (Å²) >= 11 is 0. The van der Waals surface area contributed by atoms with E-state index in [1.165, 1.54) is 4.57 Å². The molecule has 0 radical (unpaired) electrons. The normalized spacial score (nSPS) is 10.5. The van der Waals surface area contributed by atoms with Gasteiger partial charge in [-0.15, -0.1) is 0 Å².